The quantitative estimate of drug-likeness (QED) is 0.946. The molecule has 1 fully saturated rings. The van der Waals surface area contributed by atoms with E-state index in [1.165, 1.54) is 6.07 Å². The van der Waals surface area contributed by atoms with Gasteiger partial charge in [0.15, 0.2) is 0 Å². The highest BCUT2D eigenvalue weighted by atomic mass is 16.2. The Balaban J connectivity index is 1.82. The van der Waals surface area contributed by atoms with Gasteiger partial charge in [0.1, 0.15) is 5.82 Å². The lowest BCUT2D eigenvalue weighted by molar-refractivity contribution is -0.131. The monoisotopic (exact) mass is 311 g/mol. The van der Waals surface area contributed by atoms with Crippen molar-refractivity contribution < 1.29 is 4.79 Å². The Morgan fingerprint density at radius 1 is 1.35 bits per heavy atom. The average molecular weight is 311 g/mol. The van der Waals surface area contributed by atoms with Crippen molar-refractivity contribution in [2.24, 2.45) is 0 Å². The second kappa shape index (κ2) is 6.36. The fraction of sp³-hybridized carbons (Fsp3) is 0.389. The Kier molecular flexibility index (Phi) is 4.28. The second-order valence-electron chi connectivity index (χ2n) is 6.12. The molecule has 1 N–H and O–H groups in total. The number of carbonyl (C=O) groups is 1. The lowest BCUT2D eigenvalue weighted by atomic mass is 10.0. The van der Waals surface area contributed by atoms with Crippen molar-refractivity contribution in [2.75, 3.05) is 6.54 Å². The van der Waals surface area contributed by atoms with Gasteiger partial charge in [-0.2, -0.15) is 0 Å². The summed E-state index contributed by atoms with van der Waals surface area (Å²) in [6.07, 6.45) is 2.16. The van der Waals surface area contributed by atoms with Gasteiger partial charge in [0.05, 0.1) is 12.5 Å². The van der Waals surface area contributed by atoms with Crippen LogP contribution in [0, 0.1) is 13.8 Å². The number of rotatable bonds is 3. The molecule has 2 heterocycles. The maximum atomic E-state index is 12.7. The van der Waals surface area contributed by atoms with E-state index >= 15 is 0 Å². The highest BCUT2D eigenvalue weighted by molar-refractivity contribution is 5.79. The van der Waals surface area contributed by atoms with E-state index in [1.807, 2.05) is 36.1 Å². The van der Waals surface area contributed by atoms with Gasteiger partial charge in [-0.25, -0.2) is 4.98 Å². The van der Waals surface area contributed by atoms with Gasteiger partial charge in [0.25, 0.3) is 5.56 Å². The van der Waals surface area contributed by atoms with E-state index in [4.69, 9.17) is 0 Å². The molecule has 1 aromatic heterocycles. The summed E-state index contributed by atoms with van der Waals surface area (Å²) in [6, 6.07) is 9.28. The first-order chi connectivity index (χ1) is 11.0. The van der Waals surface area contributed by atoms with Crippen LogP contribution in [0.5, 0.6) is 0 Å². The minimum atomic E-state index is -0.161. The summed E-state index contributed by atoms with van der Waals surface area (Å²) in [7, 11) is 0. The molecule has 0 unspecified atom stereocenters. The number of hydrogen-bond acceptors (Lipinski definition) is 3. The van der Waals surface area contributed by atoms with Crippen molar-refractivity contribution >= 4 is 5.91 Å². The number of aryl methyl sites for hydroxylation is 2. The zero-order chi connectivity index (χ0) is 16.4. The molecular formula is C18H21N3O2. The van der Waals surface area contributed by atoms with Crippen molar-refractivity contribution in [1.82, 2.24) is 14.9 Å². The van der Waals surface area contributed by atoms with Gasteiger partial charge in [-0.1, -0.05) is 24.3 Å². The Morgan fingerprint density at radius 2 is 2.13 bits per heavy atom. The van der Waals surface area contributed by atoms with E-state index in [9.17, 15) is 9.59 Å². The van der Waals surface area contributed by atoms with E-state index in [-0.39, 0.29) is 17.5 Å². The molecule has 23 heavy (non-hydrogen) atoms. The van der Waals surface area contributed by atoms with Crippen molar-refractivity contribution in [1.29, 1.82) is 0 Å². The number of benzene rings is 1. The molecule has 0 radical (unpaired) electrons. The summed E-state index contributed by atoms with van der Waals surface area (Å²) >= 11 is 0. The molecule has 1 amide bonds. The lowest BCUT2D eigenvalue weighted by Crippen LogP contribution is -2.33. The van der Waals surface area contributed by atoms with Crippen LogP contribution in [0.1, 0.15) is 41.5 Å². The molecule has 1 aliphatic rings. The van der Waals surface area contributed by atoms with Crippen molar-refractivity contribution in [3.05, 3.63) is 63.3 Å². The van der Waals surface area contributed by atoms with E-state index in [0.717, 1.165) is 24.0 Å². The third-order valence-corrected chi connectivity index (χ3v) is 4.38. The van der Waals surface area contributed by atoms with Gasteiger partial charge >= 0.3 is 0 Å². The number of nitrogens with one attached hydrogen (secondary N) is 1. The zero-order valence-electron chi connectivity index (χ0n) is 13.5. The fourth-order valence-electron chi connectivity index (χ4n) is 3.18. The molecule has 0 saturated carbocycles. The summed E-state index contributed by atoms with van der Waals surface area (Å²) in [5, 5.41) is 0. The van der Waals surface area contributed by atoms with Crippen LogP contribution in [0.25, 0.3) is 0 Å². The summed E-state index contributed by atoms with van der Waals surface area (Å²) < 4.78 is 0. The number of aromatic nitrogens is 2. The summed E-state index contributed by atoms with van der Waals surface area (Å²) in [4.78, 5) is 33.5. The molecule has 3 rings (SSSR count). The first-order valence-corrected chi connectivity index (χ1v) is 7.96. The third kappa shape index (κ3) is 3.33. The van der Waals surface area contributed by atoms with E-state index < -0.39 is 0 Å². The smallest absolute Gasteiger partial charge is 0.251 e. The highest BCUT2D eigenvalue weighted by Crippen LogP contribution is 2.30. The Labute approximate surface area is 135 Å². The van der Waals surface area contributed by atoms with Crippen LogP contribution in [0.3, 0.4) is 0 Å². The Hall–Kier alpha value is -2.43. The Morgan fingerprint density at radius 3 is 2.87 bits per heavy atom. The number of amides is 1. The number of likely N-dealkylation sites (tertiary alicyclic amines) is 1. The van der Waals surface area contributed by atoms with Gasteiger partial charge < -0.3 is 9.88 Å². The number of nitrogens with zero attached hydrogens (tertiary/aromatic N) is 2. The molecular weight excluding hydrogens is 290 g/mol. The number of hydrogen-bond donors (Lipinski definition) is 1. The molecule has 1 aromatic carbocycles. The standard InChI is InChI=1S/C18H21N3O2/c1-12-6-3-4-7-14(12)11-17(23)21-9-5-8-15(21)18-19-13(2)10-16(22)20-18/h3-4,6-7,10,15H,5,8-9,11H2,1-2H3,(H,19,20,22)/t15-/m0/s1. The summed E-state index contributed by atoms with van der Waals surface area (Å²) in [5.41, 5.74) is 2.69. The molecule has 0 aliphatic carbocycles. The molecule has 2 aromatic rings. The van der Waals surface area contributed by atoms with Crippen molar-refractivity contribution in [2.45, 2.75) is 39.2 Å². The number of carbonyl (C=O) groups excluding carboxylic acids is 1. The predicted molar refractivity (Wildman–Crippen MR) is 88.2 cm³/mol. The van der Waals surface area contributed by atoms with Crippen LogP contribution < -0.4 is 5.56 Å². The molecule has 5 heteroatoms. The summed E-state index contributed by atoms with van der Waals surface area (Å²) in [5.74, 6) is 0.691. The molecule has 0 bridgehead atoms. The maximum absolute atomic E-state index is 12.7. The zero-order valence-corrected chi connectivity index (χ0v) is 13.5. The van der Waals surface area contributed by atoms with Gasteiger partial charge in [-0.3, -0.25) is 9.59 Å². The first-order valence-electron chi connectivity index (χ1n) is 7.96. The van der Waals surface area contributed by atoms with Crippen LogP contribution in [0.4, 0.5) is 0 Å². The van der Waals surface area contributed by atoms with Gasteiger partial charge in [0.2, 0.25) is 5.91 Å². The topological polar surface area (TPSA) is 66.1 Å². The van der Waals surface area contributed by atoms with Crippen molar-refractivity contribution in [3.63, 3.8) is 0 Å². The first kappa shape index (κ1) is 15.5. The normalized spacial score (nSPS) is 17.5. The minimum Gasteiger partial charge on any atom is -0.332 e. The molecule has 0 spiro atoms. The van der Waals surface area contributed by atoms with Gasteiger partial charge in [-0.05, 0) is 37.8 Å². The van der Waals surface area contributed by atoms with Gasteiger partial charge in [0, 0.05) is 18.3 Å². The lowest BCUT2D eigenvalue weighted by Gasteiger charge is -2.24. The molecule has 1 saturated heterocycles. The van der Waals surface area contributed by atoms with E-state index in [0.29, 0.717) is 24.5 Å². The molecule has 120 valence electrons. The van der Waals surface area contributed by atoms with E-state index in [2.05, 4.69) is 9.97 Å². The number of aromatic amines is 1. The molecule has 1 atom stereocenters. The minimum absolute atomic E-state index is 0.0888. The highest BCUT2D eigenvalue weighted by Gasteiger charge is 2.31. The molecule has 5 nitrogen and oxygen atoms in total. The largest absolute Gasteiger partial charge is 0.332 e. The average Bonchev–Trinajstić information content (AvgIpc) is 2.98. The Bertz CT molecular complexity index is 782. The number of H-pyrrole nitrogens is 1. The molecule has 1 aliphatic heterocycles. The van der Waals surface area contributed by atoms with Crippen LogP contribution in [0.15, 0.2) is 35.1 Å². The third-order valence-electron chi connectivity index (χ3n) is 4.38. The fourth-order valence-corrected chi connectivity index (χ4v) is 3.18. The summed E-state index contributed by atoms with van der Waals surface area (Å²) in [6.45, 7) is 4.53. The van der Waals surface area contributed by atoms with Crippen LogP contribution in [-0.2, 0) is 11.2 Å². The second-order valence-corrected chi connectivity index (χ2v) is 6.12. The predicted octanol–water partition coefficient (Wildman–Crippen LogP) is 2.29. The van der Waals surface area contributed by atoms with Crippen LogP contribution >= 0.6 is 0 Å². The van der Waals surface area contributed by atoms with E-state index in [1.54, 1.807) is 6.92 Å². The van der Waals surface area contributed by atoms with Crippen LogP contribution in [0.2, 0.25) is 0 Å². The van der Waals surface area contributed by atoms with Crippen LogP contribution in [-0.4, -0.2) is 27.3 Å². The SMILES string of the molecule is Cc1cc(=O)[nH]c([C@@H]2CCCN2C(=O)Cc2ccccc2C)n1. The van der Waals surface area contributed by atoms with Gasteiger partial charge in [-0.15, -0.1) is 0 Å². The maximum Gasteiger partial charge on any atom is 0.251 e. The van der Waals surface area contributed by atoms with Crippen molar-refractivity contribution in [3.8, 4) is 0 Å².